The van der Waals surface area contributed by atoms with Gasteiger partial charge in [0.05, 0.1) is 6.42 Å². The number of benzene rings is 1. The fourth-order valence-corrected chi connectivity index (χ4v) is 2.46. The molecule has 2 N–H and O–H groups in total. The van der Waals surface area contributed by atoms with Crippen molar-refractivity contribution in [2.24, 2.45) is 0 Å². The lowest BCUT2D eigenvalue weighted by atomic mass is 10.1. The Balaban J connectivity index is 1.75. The normalized spacial score (nSPS) is 15.0. The zero-order chi connectivity index (χ0) is 22.5. The minimum absolute atomic E-state index is 0.00235. The first-order chi connectivity index (χ1) is 14.0. The highest BCUT2D eigenvalue weighted by molar-refractivity contribution is 6.07. The molecule has 1 aromatic rings. The Morgan fingerprint density at radius 3 is 2.33 bits per heavy atom. The zero-order valence-corrected chi connectivity index (χ0v) is 16.1. The Morgan fingerprint density at radius 1 is 1.17 bits per heavy atom. The monoisotopic (exact) mass is 427 g/mol. The van der Waals surface area contributed by atoms with E-state index in [9.17, 15) is 32.8 Å². The van der Waals surface area contributed by atoms with E-state index < -0.39 is 48.5 Å². The second-order valence-corrected chi connectivity index (χ2v) is 6.70. The van der Waals surface area contributed by atoms with Crippen molar-refractivity contribution >= 4 is 29.7 Å². The van der Waals surface area contributed by atoms with Gasteiger partial charge in [0.1, 0.15) is 11.3 Å². The van der Waals surface area contributed by atoms with E-state index in [-0.39, 0.29) is 24.3 Å². The van der Waals surface area contributed by atoms with Gasteiger partial charge in [-0.05, 0) is 38.1 Å². The largest absolute Gasteiger partial charge is 0.456 e. The molecule has 0 spiro atoms. The summed E-state index contributed by atoms with van der Waals surface area (Å²) in [5, 5.41) is 4.42. The molecule has 1 aliphatic heterocycles. The molecule has 1 aromatic carbocycles. The van der Waals surface area contributed by atoms with Crippen molar-refractivity contribution in [1.82, 2.24) is 15.5 Å². The van der Waals surface area contributed by atoms with Gasteiger partial charge in [-0.25, -0.2) is 4.79 Å². The Morgan fingerprint density at radius 2 is 1.80 bits per heavy atom. The molecule has 0 aromatic heterocycles. The molecule has 0 radical (unpaired) electrons. The third-order valence-electron chi connectivity index (χ3n) is 3.94. The molecule has 5 amide bonds. The zero-order valence-electron chi connectivity index (χ0n) is 16.1. The minimum atomic E-state index is -3.01. The van der Waals surface area contributed by atoms with E-state index >= 15 is 0 Å². The SMILES string of the molecule is CC1(C)NC(=O)N(CCC(=O)OCC(=O)NC(=O)c2ccc(OC(F)F)cc2)C1=O. The molecule has 0 aliphatic carbocycles. The summed E-state index contributed by atoms with van der Waals surface area (Å²) in [6.45, 7) is -0.951. The first-order valence-corrected chi connectivity index (χ1v) is 8.68. The fraction of sp³-hybridized carbons (Fsp3) is 0.389. The molecule has 1 saturated heterocycles. The summed E-state index contributed by atoms with van der Waals surface area (Å²) in [6.07, 6.45) is -0.331. The average molecular weight is 427 g/mol. The molecule has 0 bridgehead atoms. The summed E-state index contributed by atoms with van der Waals surface area (Å²) < 4.78 is 33.0. The van der Waals surface area contributed by atoms with Crippen LogP contribution >= 0.6 is 0 Å². The van der Waals surface area contributed by atoms with Crippen molar-refractivity contribution in [1.29, 1.82) is 0 Å². The second kappa shape index (κ2) is 9.29. The summed E-state index contributed by atoms with van der Waals surface area (Å²) >= 11 is 0. The van der Waals surface area contributed by atoms with E-state index in [1.807, 2.05) is 5.32 Å². The van der Waals surface area contributed by atoms with Crippen molar-refractivity contribution in [2.45, 2.75) is 32.4 Å². The van der Waals surface area contributed by atoms with Crippen molar-refractivity contribution in [3.05, 3.63) is 29.8 Å². The summed E-state index contributed by atoms with van der Waals surface area (Å²) in [7, 11) is 0. The van der Waals surface area contributed by atoms with Gasteiger partial charge < -0.3 is 14.8 Å². The Kier molecular flexibility index (Phi) is 7.03. The number of hydrogen-bond donors (Lipinski definition) is 2. The van der Waals surface area contributed by atoms with Crippen LogP contribution in [0.5, 0.6) is 5.75 Å². The highest BCUT2D eigenvalue weighted by Gasteiger charge is 2.44. The molecule has 162 valence electrons. The van der Waals surface area contributed by atoms with Crippen LogP contribution in [-0.2, 0) is 19.1 Å². The van der Waals surface area contributed by atoms with Crippen LogP contribution in [0.3, 0.4) is 0 Å². The number of imide groups is 2. The van der Waals surface area contributed by atoms with Crippen molar-refractivity contribution in [3.63, 3.8) is 0 Å². The van der Waals surface area contributed by atoms with Crippen molar-refractivity contribution in [2.75, 3.05) is 13.2 Å². The highest BCUT2D eigenvalue weighted by Crippen LogP contribution is 2.17. The molecular weight excluding hydrogens is 408 g/mol. The smallest absolute Gasteiger partial charge is 0.387 e. The van der Waals surface area contributed by atoms with E-state index in [1.54, 1.807) is 0 Å². The van der Waals surface area contributed by atoms with Gasteiger partial charge in [0.25, 0.3) is 17.7 Å². The Labute approximate surface area is 169 Å². The molecular formula is C18H19F2N3O7. The van der Waals surface area contributed by atoms with Crippen LogP contribution in [0.4, 0.5) is 13.6 Å². The van der Waals surface area contributed by atoms with Gasteiger partial charge in [-0.2, -0.15) is 8.78 Å². The predicted octanol–water partition coefficient (Wildman–Crippen LogP) is 0.808. The van der Waals surface area contributed by atoms with E-state index in [2.05, 4.69) is 10.1 Å². The topological polar surface area (TPSA) is 131 Å². The quantitative estimate of drug-likeness (QED) is 0.464. The molecule has 30 heavy (non-hydrogen) atoms. The van der Waals surface area contributed by atoms with Crippen LogP contribution in [0.1, 0.15) is 30.6 Å². The fourth-order valence-electron chi connectivity index (χ4n) is 2.46. The molecule has 1 aliphatic rings. The molecule has 12 heteroatoms. The number of amides is 5. The van der Waals surface area contributed by atoms with E-state index in [0.29, 0.717) is 0 Å². The Hall–Kier alpha value is -3.57. The van der Waals surface area contributed by atoms with Crippen LogP contribution in [0.2, 0.25) is 0 Å². The number of nitrogens with zero attached hydrogens (tertiary/aromatic N) is 1. The number of carbonyl (C=O) groups excluding carboxylic acids is 5. The molecule has 1 heterocycles. The van der Waals surface area contributed by atoms with Crippen LogP contribution in [-0.4, -0.2) is 59.9 Å². The van der Waals surface area contributed by atoms with Crippen LogP contribution in [0.15, 0.2) is 24.3 Å². The lowest BCUT2D eigenvalue weighted by Crippen LogP contribution is -2.40. The first-order valence-electron chi connectivity index (χ1n) is 8.68. The third kappa shape index (κ3) is 5.96. The van der Waals surface area contributed by atoms with Gasteiger partial charge >= 0.3 is 18.6 Å². The standard InChI is InChI=1S/C18H19F2N3O7/c1-18(2)15(27)23(17(28)22-18)8-7-13(25)29-9-12(24)21-14(26)10-3-5-11(6-4-10)30-16(19)20/h3-6,16H,7-9H2,1-2H3,(H,22,28)(H,21,24,26). The minimum Gasteiger partial charge on any atom is -0.456 e. The number of hydrogen-bond acceptors (Lipinski definition) is 7. The number of nitrogens with one attached hydrogen (secondary N) is 2. The number of urea groups is 1. The molecule has 2 rings (SSSR count). The van der Waals surface area contributed by atoms with E-state index in [4.69, 9.17) is 4.74 Å². The number of halogens is 2. The number of ether oxygens (including phenoxy) is 2. The maximum Gasteiger partial charge on any atom is 0.387 e. The third-order valence-corrected chi connectivity index (χ3v) is 3.94. The number of esters is 1. The predicted molar refractivity (Wildman–Crippen MR) is 95.4 cm³/mol. The lowest BCUT2D eigenvalue weighted by molar-refractivity contribution is -0.148. The van der Waals surface area contributed by atoms with Crippen LogP contribution in [0.25, 0.3) is 0 Å². The maximum absolute atomic E-state index is 12.1. The molecule has 1 fully saturated rings. The number of carbonyl (C=O) groups is 5. The average Bonchev–Trinajstić information content (AvgIpc) is 2.85. The Bertz CT molecular complexity index is 856. The summed E-state index contributed by atoms with van der Waals surface area (Å²) in [5.74, 6) is -3.25. The van der Waals surface area contributed by atoms with Gasteiger partial charge in [0.2, 0.25) is 0 Å². The number of alkyl halides is 2. The summed E-state index contributed by atoms with van der Waals surface area (Å²) in [6, 6.07) is 3.97. The number of rotatable bonds is 8. The first kappa shape index (κ1) is 22.7. The van der Waals surface area contributed by atoms with Crippen LogP contribution in [0, 0.1) is 0 Å². The molecule has 0 atom stereocenters. The van der Waals surface area contributed by atoms with Gasteiger partial charge in [-0.1, -0.05) is 0 Å². The summed E-state index contributed by atoms with van der Waals surface area (Å²) in [4.78, 5) is 59.9. The second-order valence-electron chi connectivity index (χ2n) is 6.70. The molecule has 10 nitrogen and oxygen atoms in total. The van der Waals surface area contributed by atoms with Gasteiger partial charge in [-0.15, -0.1) is 0 Å². The highest BCUT2D eigenvalue weighted by atomic mass is 19.3. The lowest BCUT2D eigenvalue weighted by Gasteiger charge is -2.15. The van der Waals surface area contributed by atoms with Gasteiger partial charge in [0.15, 0.2) is 6.61 Å². The molecule has 0 unspecified atom stereocenters. The van der Waals surface area contributed by atoms with Crippen molar-refractivity contribution < 1.29 is 42.2 Å². The summed E-state index contributed by atoms with van der Waals surface area (Å²) in [5.41, 5.74) is -1.07. The van der Waals surface area contributed by atoms with Gasteiger partial charge in [-0.3, -0.25) is 29.4 Å². The maximum atomic E-state index is 12.1. The van der Waals surface area contributed by atoms with Crippen LogP contribution < -0.4 is 15.4 Å². The van der Waals surface area contributed by atoms with Crippen molar-refractivity contribution in [3.8, 4) is 5.75 Å². The van der Waals surface area contributed by atoms with E-state index in [0.717, 1.165) is 17.0 Å². The van der Waals surface area contributed by atoms with Gasteiger partial charge in [0, 0.05) is 12.1 Å². The molecule has 0 saturated carbocycles. The van der Waals surface area contributed by atoms with E-state index in [1.165, 1.54) is 26.0 Å².